The number of nitrogens with zero attached hydrogens (tertiary/aromatic N) is 2. The second-order valence-electron chi connectivity index (χ2n) is 5.59. The van der Waals surface area contributed by atoms with Crippen molar-refractivity contribution in [3.8, 4) is 6.07 Å². The van der Waals surface area contributed by atoms with Crippen LogP contribution in [-0.4, -0.2) is 43.2 Å². The van der Waals surface area contributed by atoms with Gasteiger partial charge in [0, 0.05) is 6.54 Å². The van der Waals surface area contributed by atoms with E-state index in [1.165, 1.54) is 0 Å². The lowest BCUT2D eigenvalue weighted by Gasteiger charge is -2.24. The summed E-state index contributed by atoms with van der Waals surface area (Å²) in [6.45, 7) is 0.130. The van der Waals surface area contributed by atoms with Crippen LogP contribution in [0.15, 0.2) is 29.2 Å². The molecule has 8 nitrogen and oxygen atoms in total. The smallest absolute Gasteiger partial charge is 0.243 e. The van der Waals surface area contributed by atoms with Crippen LogP contribution < -0.4 is 11.1 Å². The molecule has 1 aromatic carbocycles. The third-order valence-corrected chi connectivity index (χ3v) is 5.73. The van der Waals surface area contributed by atoms with Gasteiger partial charge in [-0.2, -0.15) is 9.57 Å². The van der Waals surface area contributed by atoms with E-state index in [1.54, 1.807) is 6.07 Å². The molecule has 1 aliphatic rings. The first-order valence-corrected chi connectivity index (χ1v) is 8.95. The van der Waals surface area contributed by atoms with E-state index in [0.717, 1.165) is 28.6 Å². The number of hydrogen-bond acceptors (Lipinski definition) is 5. The average molecular weight is 368 g/mol. The molecule has 1 aromatic rings. The summed E-state index contributed by atoms with van der Waals surface area (Å²) in [5, 5.41) is 11.3. The highest BCUT2D eigenvalue weighted by Crippen LogP contribution is 2.26. The molecule has 1 saturated heterocycles. The van der Waals surface area contributed by atoms with Crippen molar-refractivity contribution in [3.63, 3.8) is 0 Å². The van der Waals surface area contributed by atoms with Crippen LogP contribution in [0.2, 0.25) is 0 Å². The normalized spacial score (nSPS) is 19.1. The molecule has 10 heteroatoms. The Labute approximate surface area is 144 Å². The summed E-state index contributed by atoms with van der Waals surface area (Å²) in [7, 11) is -3.98. The van der Waals surface area contributed by atoms with E-state index >= 15 is 0 Å². The van der Waals surface area contributed by atoms with Crippen molar-refractivity contribution in [1.82, 2.24) is 9.62 Å². The van der Waals surface area contributed by atoms with Gasteiger partial charge in [0.2, 0.25) is 21.8 Å². The molecule has 0 bridgehead atoms. The predicted octanol–water partition coefficient (Wildman–Crippen LogP) is -0.137. The van der Waals surface area contributed by atoms with Crippen molar-refractivity contribution in [2.24, 2.45) is 5.73 Å². The lowest BCUT2D eigenvalue weighted by Crippen LogP contribution is -2.49. The molecule has 0 unspecified atom stereocenters. The Morgan fingerprint density at radius 3 is 2.60 bits per heavy atom. The highest BCUT2D eigenvalue weighted by Gasteiger charge is 2.40. The Balaban J connectivity index is 2.19. The molecule has 25 heavy (non-hydrogen) atoms. The van der Waals surface area contributed by atoms with Gasteiger partial charge in [-0.3, -0.25) is 9.59 Å². The van der Waals surface area contributed by atoms with Crippen LogP contribution in [0.25, 0.3) is 0 Å². The number of nitrogens with one attached hydrogen (secondary N) is 1. The third-order valence-electron chi connectivity index (χ3n) is 3.80. The van der Waals surface area contributed by atoms with Crippen LogP contribution in [0, 0.1) is 17.1 Å². The summed E-state index contributed by atoms with van der Waals surface area (Å²) in [6.07, 6.45) is 0.381. The van der Waals surface area contributed by atoms with Gasteiger partial charge in [0.15, 0.2) is 0 Å². The van der Waals surface area contributed by atoms with Crippen LogP contribution in [-0.2, 0) is 19.6 Å². The standard InChI is InChI=1S/C15H17FN4O4S/c16-10-3-5-12(6-4-10)25(23,24)20-7-1-2-13(20)15(22)19-11(9-17)8-14(18)21/h3-6,11,13H,1-2,7-8H2,(H2,18,21)(H,19,22)/t11-,13-/m0/s1. The number of benzene rings is 1. The number of nitriles is 1. The molecule has 134 valence electrons. The minimum Gasteiger partial charge on any atom is -0.370 e. The molecule has 1 fully saturated rings. The summed E-state index contributed by atoms with van der Waals surface area (Å²) < 4.78 is 39.4. The first kappa shape index (κ1) is 18.8. The van der Waals surface area contributed by atoms with Gasteiger partial charge in [-0.15, -0.1) is 0 Å². The number of carbonyl (C=O) groups is 2. The molecule has 0 spiro atoms. The van der Waals surface area contributed by atoms with Gasteiger partial charge in [0.25, 0.3) is 0 Å². The van der Waals surface area contributed by atoms with Crippen LogP contribution in [0.1, 0.15) is 19.3 Å². The molecule has 2 atom stereocenters. The number of primary amides is 1. The molecule has 0 saturated carbocycles. The molecule has 0 radical (unpaired) electrons. The fourth-order valence-corrected chi connectivity index (χ4v) is 4.29. The maximum Gasteiger partial charge on any atom is 0.243 e. The first-order valence-electron chi connectivity index (χ1n) is 7.51. The van der Waals surface area contributed by atoms with Crippen LogP contribution in [0.3, 0.4) is 0 Å². The number of sulfonamides is 1. The van der Waals surface area contributed by atoms with Crippen molar-refractivity contribution >= 4 is 21.8 Å². The lowest BCUT2D eigenvalue weighted by atomic mass is 10.1. The molecule has 0 aromatic heterocycles. The number of carbonyl (C=O) groups excluding carboxylic acids is 2. The fourth-order valence-electron chi connectivity index (χ4n) is 2.63. The van der Waals surface area contributed by atoms with E-state index in [2.05, 4.69) is 5.32 Å². The lowest BCUT2D eigenvalue weighted by molar-refractivity contribution is -0.125. The second-order valence-corrected chi connectivity index (χ2v) is 7.48. The van der Waals surface area contributed by atoms with Gasteiger partial charge in [0.1, 0.15) is 17.9 Å². The van der Waals surface area contributed by atoms with Gasteiger partial charge in [-0.1, -0.05) is 0 Å². The largest absolute Gasteiger partial charge is 0.370 e. The molecular weight excluding hydrogens is 351 g/mol. The third kappa shape index (κ3) is 4.32. The van der Waals surface area contributed by atoms with Crippen molar-refractivity contribution in [3.05, 3.63) is 30.1 Å². The van der Waals surface area contributed by atoms with Gasteiger partial charge >= 0.3 is 0 Å². The van der Waals surface area contributed by atoms with E-state index in [0.29, 0.717) is 6.42 Å². The Hall–Kier alpha value is -2.51. The molecule has 3 N–H and O–H groups in total. The maximum atomic E-state index is 13.0. The number of amides is 2. The molecule has 1 heterocycles. The number of nitrogens with two attached hydrogens (primary N) is 1. The molecule has 2 rings (SSSR count). The maximum absolute atomic E-state index is 13.0. The zero-order chi connectivity index (χ0) is 18.6. The minimum absolute atomic E-state index is 0.123. The predicted molar refractivity (Wildman–Crippen MR) is 84.7 cm³/mol. The number of rotatable bonds is 6. The van der Waals surface area contributed by atoms with Gasteiger partial charge in [-0.05, 0) is 37.1 Å². The first-order chi connectivity index (χ1) is 11.8. The molecular formula is C15H17FN4O4S. The van der Waals surface area contributed by atoms with E-state index in [4.69, 9.17) is 11.0 Å². The summed E-state index contributed by atoms with van der Waals surface area (Å²) in [5.41, 5.74) is 5.00. The van der Waals surface area contributed by atoms with Gasteiger partial charge < -0.3 is 11.1 Å². The Morgan fingerprint density at radius 2 is 2.04 bits per heavy atom. The topological polar surface area (TPSA) is 133 Å². The zero-order valence-corrected chi connectivity index (χ0v) is 14.0. The van der Waals surface area contributed by atoms with Gasteiger partial charge in [-0.25, -0.2) is 12.8 Å². The van der Waals surface area contributed by atoms with Crippen molar-refractivity contribution in [2.45, 2.75) is 36.2 Å². The molecule has 2 amide bonds. The van der Waals surface area contributed by atoms with Crippen molar-refractivity contribution in [1.29, 1.82) is 5.26 Å². The van der Waals surface area contributed by atoms with E-state index in [-0.39, 0.29) is 24.3 Å². The Morgan fingerprint density at radius 1 is 1.40 bits per heavy atom. The van der Waals surface area contributed by atoms with Crippen molar-refractivity contribution < 1.29 is 22.4 Å². The summed E-state index contributed by atoms with van der Waals surface area (Å²) in [6, 6.07) is 3.92. The number of hydrogen-bond donors (Lipinski definition) is 2. The van der Waals surface area contributed by atoms with E-state index < -0.39 is 39.7 Å². The van der Waals surface area contributed by atoms with Crippen LogP contribution in [0.5, 0.6) is 0 Å². The van der Waals surface area contributed by atoms with Crippen molar-refractivity contribution in [2.75, 3.05) is 6.54 Å². The van der Waals surface area contributed by atoms with E-state index in [9.17, 15) is 22.4 Å². The van der Waals surface area contributed by atoms with Crippen LogP contribution >= 0.6 is 0 Å². The average Bonchev–Trinajstić information content (AvgIpc) is 3.04. The fraction of sp³-hybridized carbons (Fsp3) is 0.400. The number of halogens is 1. The highest BCUT2D eigenvalue weighted by atomic mass is 32.2. The molecule has 0 aliphatic carbocycles. The Bertz CT molecular complexity index is 804. The van der Waals surface area contributed by atoms with E-state index in [1.807, 2.05) is 0 Å². The Kier molecular flexibility index (Phi) is 5.71. The summed E-state index contributed by atoms with van der Waals surface area (Å²) in [4.78, 5) is 23.1. The zero-order valence-electron chi connectivity index (χ0n) is 13.2. The SMILES string of the molecule is N#C[C@H](CC(N)=O)NC(=O)[C@@H]1CCCN1S(=O)(=O)c1ccc(F)cc1. The monoisotopic (exact) mass is 368 g/mol. The summed E-state index contributed by atoms with van der Waals surface area (Å²) in [5.74, 6) is -2.00. The minimum atomic E-state index is -3.98. The second kappa shape index (κ2) is 7.58. The molecule has 1 aliphatic heterocycles. The quantitative estimate of drug-likeness (QED) is 0.721. The van der Waals surface area contributed by atoms with Crippen LogP contribution in [0.4, 0.5) is 4.39 Å². The van der Waals surface area contributed by atoms with Gasteiger partial charge in [0.05, 0.1) is 17.4 Å². The highest BCUT2D eigenvalue weighted by molar-refractivity contribution is 7.89. The summed E-state index contributed by atoms with van der Waals surface area (Å²) >= 11 is 0.